The molecule has 4 aromatic rings. The Labute approximate surface area is 155 Å². The lowest BCUT2D eigenvalue weighted by atomic mass is 10.2. The van der Waals surface area contributed by atoms with Gasteiger partial charge in [0.05, 0.1) is 23.2 Å². The summed E-state index contributed by atoms with van der Waals surface area (Å²) >= 11 is 1.54. The van der Waals surface area contributed by atoms with Crippen molar-refractivity contribution in [3.63, 3.8) is 0 Å². The molecule has 130 valence electrons. The highest BCUT2D eigenvalue weighted by atomic mass is 32.2. The number of rotatable bonds is 5. The van der Waals surface area contributed by atoms with Gasteiger partial charge in [-0.05, 0) is 17.7 Å². The van der Waals surface area contributed by atoms with Gasteiger partial charge in [-0.25, -0.2) is 9.97 Å². The van der Waals surface area contributed by atoms with Crippen molar-refractivity contribution in [1.29, 1.82) is 0 Å². The highest BCUT2D eigenvalue weighted by Crippen LogP contribution is 2.22. The van der Waals surface area contributed by atoms with E-state index in [0.29, 0.717) is 22.8 Å². The summed E-state index contributed by atoms with van der Waals surface area (Å²) in [6.07, 6.45) is 3.70. The number of benzene rings is 2. The number of nitrogens with zero attached hydrogens (tertiary/aromatic N) is 4. The summed E-state index contributed by atoms with van der Waals surface area (Å²) in [5, 5.41) is 1.35. The molecule has 5 nitrogen and oxygen atoms in total. The molecule has 0 saturated carbocycles. The van der Waals surface area contributed by atoms with Crippen LogP contribution in [0.15, 0.2) is 76.9 Å². The zero-order valence-corrected chi connectivity index (χ0v) is 15.2. The maximum absolute atomic E-state index is 13.1. The quantitative estimate of drug-likeness (QED) is 0.403. The van der Waals surface area contributed by atoms with Gasteiger partial charge in [-0.1, -0.05) is 54.2 Å². The minimum absolute atomic E-state index is 0.0122. The SMILES string of the molecule is Cn1ccnc1CSc1nc2ccccc2c(=O)n1Cc1ccccc1. The summed E-state index contributed by atoms with van der Waals surface area (Å²) in [5.41, 5.74) is 1.79. The van der Waals surface area contributed by atoms with Crippen LogP contribution in [0.25, 0.3) is 10.9 Å². The van der Waals surface area contributed by atoms with Crippen LogP contribution in [-0.4, -0.2) is 19.1 Å². The second kappa shape index (κ2) is 7.17. The van der Waals surface area contributed by atoms with E-state index < -0.39 is 0 Å². The van der Waals surface area contributed by atoms with Crippen LogP contribution in [0.4, 0.5) is 0 Å². The second-order valence-corrected chi connectivity index (χ2v) is 6.97. The largest absolute Gasteiger partial charge is 0.337 e. The molecule has 0 unspecified atom stereocenters. The lowest BCUT2D eigenvalue weighted by Gasteiger charge is -2.13. The molecule has 0 aliphatic rings. The van der Waals surface area contributed by atoms with E-state index in [4.69, 9.17) is 4.98 Å². The third kappa shape index (κ3) is 3.28. The number of fused-ring (bicyclic) bond motifs is 1. The summed E-state index contributed by atoms with van der Waals surface area (Å²) in [7, 11) is 1.97. The van der Waals surface area contributed by atoms with Crippen molar-refractivity contribution in [3.05, 3.63) is 88.7 Å². The molecule has 0 fully saturated rings. The fourth-order valence-electron chi connectivity index (χ4n) is 2.83. The second-order valence-electron chi connectivity index (χ2n) is 6.03. The monoisotopic (exact) mass is 362 g/mol. The van der Waals surface area contributed by atoms with Crippen molar-refractivity contribution in [2.24, 2.45) is 7.05 Å². The van der Waals surface area contributed by atoms with Crippen molar-refractivity contribution in [1.82, 2.24) is 19.1 Å². The normalized spacial score (nSPS) is 11.1. The predicted octanol–water partition coefficient (Wildman–Crippen LogP) is 3.47. The highest BCUT2D eigenvalue weighted by molar-refractivity contribution is 7.98. The van der Waals surface area contributed by atoms with Crippen LogP contribution in [0.3, 0.4) is 0 Å². The van der Waals surface area contributed by atoms with Gasteiger partial charge >= 0.3 is 0 Å². The number of thioether (sulfide) groups is 1. The minimum atomic E-state index is -0.0122. The van der Waals surface area contributed by atoms with Gasteiger partial charge in [0.2, 0.25) is 0 Å². The number of imidazole rings is 1. The average molecular weight is 362 g/mol. The number of aryl methyl sites for hydroxylation is 1. The van der Waals surface area contributed by atoms with Crippen molar-refractivity contribution in [3.8, 4) is 0 Å². The number of aromatic nitrogens is 4. The lowest BCUT2D eigenvalue weighted by Crippen LogP contribution is -2.24. The van der Waals surface area contributed by atoms with Crippen LogP contribution in [0.5, 0.6) is 0 Å². The van der Waals surface area contributed by atoms with E-state index in [-0.39, 0.29) is 5.56 Å². The van der Waals surface area contributed by atoms with E-state index in [1.54, 1.807) is 10.8 Å². The van der Waals surface area contributed by atoms with Gasteiger partial charge in [0.25, 0.3) is 5.56 Å². The Balaban J connectivity index is 1.77. The molecule has 2 heterocycles. The Morgan fingerprint density at radius 1 is 1.04 bits per heavy atom. The molecular formula is C20H18N4OS. The first-order valence-corrected chi connectivity index (χ1v) is 9.33. The first kappa shape index (κ1) is 16.6. The van der Waals surface area contributed by atoms with E-state index in [1.807, 2.05) is 72.4 Å². The van der Waals surface area contributed by atoms with Crippen molar-refractivity contribution in [2.75, 3.05) is 0 Å². The molecule has 0 N–H and O–H groups in total. The average Bonchev–Trinajstić information content (AvgIpc) is 3.08. The molecule has 26 heavy (non-hydrogen) atoms. The first-order chi connectivity index (χ1) is 12.7. The van der Waals surface area contributed by atoms with Crippen molar-refractivity contribution < 1.29 is 0 Å². The van der Waals surface area contributed by atoms with Gasteiger partial charge in [-0.3, -0.25) is 9.36 Å². The molecule has 0 atom stereocenters. The molecule has 0 spiro atoms. The van der Waals surface area contributed by atoms with Gasteiger partial charge in [0.15, 0.2) is 5.16 Å². The third-order valence-corrected chi connectivity index (χ3v) is 5.23. The molecule has 0 aliphatic heterocycles. The summed E-state index contributed by atoms with van der Waals surface area (Å²) in [6, 6.07) is 17.5. The maximum Gasteiger partial charge on any atom is 0.262 e. The fourth-order valence-corrected chi connectivity index (χ4v) is 3.83. The van der Waals surface area contributed by atoms with Crippen LogP contribution < -0.4 is 5.56 Å². The summed E-state index contributed by atoms with van der Waals surface area (Å²) < 4.78 is 3.74. The molecular weight excluding hydrogens is 344 g/mol. The summed E-state index contributed by atoms with van der Waals surface area (Å²) in [5.74, 6) is 1.60. The fraction of sp³-hybridized carbons (Fsp3) is 0.150. The Morgan fingerprint density at radius 3 is 2.58 bits per heavy atom. The molecule has 0 aliphatic carbocycles. The molecule has 2 aromatic heterocycles. The summed E-state index contributed by atoms with van der Waals surface area (Å²) in [4.78, 5) is 22.2. The molecule has 0 bridgehead atoms. The van der Waals surface area contributed by atoms with Crippen LogP contribution in [0, 0.1) is 0 Å². The Bertz CT molecular complexity index is 1100. The van der Waals surface area contributed by atoms with E-state index in [9.17, 15) is 4.79 Å². The topological polar surface area (TPSA) is 52.7 Å². The molecule has 2 aromatic carbocycles. The van der Waals surface area contributed by atoms with E-state index in [0.717, 1.165) is 16.9 Å². The Kier molecular flexibility index (Phi) is 4.58. The van der Waals surface area contributed by atoms with Crippen molar-refractivity contribution in [2.45, 2.75) is 17.5 Å². The van der Waals surface area contributed by atoms with Crippen molar-refractivity contribution >= 4 is 22.7 Å². The van der Waals surface area contributed by atoms with Crippen LogP contribution >= 0.6 is 11.8 Å². The highest BCUT2D eigenvalue weighted by Gasteiger charge is 2.13. The molecule has 4 rings (SSSR count). The predicted molar refractivity (Wildman–Crippen MR) is 104 cm³/mol. The van der Waals surface area contributed by atoms with Gasteiger partial charge < -0.3 is 4.57 Å². The van der Waals surface area contributed by atoms with E-state index in [2.05, 4.69) is 4.98 Å². The standard InChI is InChI=1S/C20H18N4OS/c1-23-12-11-21-18(23)14-26-20-22-17-10-6-5-9-16(17)19(25)24(20)13-15-7-3-2-4-8-15/h2-12H,13-14H2,1H3. The zero-order valence-electron chi connectivity index (χ0n) is 14.4. The molecule has 0 radical (unpaired) electrons. The summed E-state index contributed by atoms with van der Waals surface area (Å²) in [6.45, 7) is 0.500. The van der Waals surface area contributed by atoms with Crippen LogP contribution in [-0.2, 0) is 19.3 Å². The lowest BCUT2D eigenvalue weighted by molar-refractivity contribution is 0.657. The van der Waals surface area contributed by atoms with E-state index >= 15 is 0 Å². The van der Waals surface area contributed by atoms with Gasteiger partial charge in [-0.2, -0.15) is 0 Å². The van der Waals surface area contributed by atoms with Crippen LogP contribution in [0.1, 0.15) is 11.4 Å². The van der Waals surface area contributed by atoms with Gasteiger partial charge in [0, 0.05) is 19.4 Å². The molecule has 6 heteroatoms. The minimum Gasteiger partial charge on any atom is -0.337 e. The number of hydrogen-bond donors (Lipinski definition) is 0. The van der Waals surface area contributed by atoms with Gasteiger partial charge in [0.1, 0.15) is 5.82 Å². The van der Waals surface area contributed by atoms with E-state index in [1.165, 1.54) is 11.8 Å². The number of hydrogen-bond acceptors (Lipinski definition) is 4. The first-order valence-electron chi connectivity index (χ1n) is 8.35. The van der Waals surface area contributed by atoms with Gasteiger partial charge in [-0.15, -0.1) is 0 Å². The number of para-hydroxylation sites is 1. The molecule has 0 saturated heterocycles. The maximum atomic E-state index is 13.1. The van der Waals surface area contributed by atoms with Crippen LogP contribution in [0.2, 0.25) is 0 Å². The third-order valence-electron chi connectivity index (χ3n) is 4.26. The molecule has 0 amide bonds. The Hall–Kier alpha value is -2.86. The zero-order chi connectivity index (χ0) is 17.9. The Morgan fingerprint density at radius 2 is 1.81 bits per heavy atom. The smallest absolute Gasteiger partial charge is 0.262 e.